The molecule has 1 atom stereocenters. The normalized spacial score (nSPS) is 14.5. The van der Waals surface area contributed by atoms with E-state index in [0.29, 0.717) is 0 Å². The summed E-state index contributed by atoms with van der Waals surface area (Å²) in [4.78, 5) is 0. The molecule has 0 aliphatic heterocycles. The van der Waals surface area contributed by atoms with E-state index in [2.05, 4.69) is 0 Å². The summed E-state index contributed by atoms with van der Waals surface area (Å²) in [6, 6.07) is 0. The molecule has 0 aromatic rings. The van der Waals surface area contributed by atoms with Crippen LogP contribution in [0.4, 0.5) is 13.2 Å². The van der Waals surface area contributed by atoms with E-state index in [9.17, 15) is 13.2 Å². The molecule has 0 aliphatic rings. The predicted octanol–water partition coefficient (Wildman–Crippen LogP) is -2.16. The van der Waals surface area contributed by atoms with Gasteiger partial charge >= 0.3 is 63.7 Å². The third kappa shape index (κ3) is 5.83. The minimum absolute atomic E-state index is 0. The number of hydrogen-bond donors (Lipinski definition) is 1. The first-order valence-corrected chi connectivity index (χ1v) is 2.23. The Morgan fingerprint density at radius 3 is 1.62 bits per heavy atom. The smallest absolute Gasteiger partial charge is 1.00 e. The van der Waals surface area contributed by atoms with Crippen LogP contribution in [0.2, 0.25) is 0 Å². The van der Waals surface area contributed by atoms with Crippen molar-refractivity contribution in [3.63, 3.8) is 0 Å². The molecular weight excluding hydrogens is 219 g/mol. The number of halogens is 3. The topological polar surface area (TPSA) is 37.3 Å². The molecule has 0 rings (SSSR count). The van der Waals surface area contributed by atoms with Crippen LogP contribution < -0.4 is 58.2 Å². The van der Waals surface area contributed by atoms with Gasteiger partial charge < -0.3 is 1.43 Å². The maximum atomic E-state index is 10.6. The molecule has 0 saturated heterocycles. The van der Waals surface area contributed by atoms with E-state index < -0.39 is 16.6 Å². The molecule has 0 aromatic heterocycles. The molecule has 1 N–H and O–H groups in total. The third-order valence-electron chi connectivity index (χ3n) is 0.198. The minimum Gasteiger partial charge on any atom is -1.00 e. The van der Waals surface area contributed by atoms with Crippen LogP contribution in [-0.4, -0.2) is 14.3 Å². The minimum atomic E-state index is -4.97. The molecule has 46 valence electrons. The Morgan fingerprint density at radius 2 is 1.62 bits per heavy atom. The maximum absolute atomic E-state index is 10.6. The summed E-state index contributed by atoms with van der Waals surface area (Å²) in [6.45, 7) is 0. The molecule has 0 amide bonds. The van der Waals surface area contributed by atoms with Crippen LogP contribution in [0.3, 0.4) is 0 Å². The summed E-state index contributed by atoms with van der Waals surface area (Å²) in [7, 11) is 0. The van der Waals surface area contributed by atoms with Crippen LogP contribution in [-0.2, 0) is 11.1 Å². The van der Waals surface area contributed by atoms with Gasteiger partial charge in [0.1, 0.15) is 0 Å². The van der Waals surface area contributed by atoms with Crippen molar-refractivity contribution < 1.29 is 81.5 Å². The standard InChI is InChI=1S/CHF3O2S.Rb.H/c2-1(3,4)7(5)6;;/h(H,5,6);;/q;+1;-1. The van der Waals surface area contributed by atoms with Crippen molar-refractivity contribution in [2.75, 3.05) is 0 Å². The molecule has 0 bridgehead atoms. The molecule has 0 radical (unpaired) electrons. The zero-order valence-corrected chi connectivity index (χ0v) is 9.63. The van der Waals surface area contributed by atoms with Gasteiger partial charge in [0.25, 0.3) is 11.1 Å². The molecule has 0 fully saturated rings. The summed E-state index contributed by atoms with van der Waals surface area (Å²) in [5, 5.41) is 0. The summed E-state index contributed by atoms with van der Waals surface area (Å²) in [5.41, 5.74) is -4.97. The molecule has 0 spiro atoms. The van der Waals surface area contributed by atoms with Crippen LogP contribution in [0, 0.1) is 0 Å². The Hall–Kier alpha value is 1.71. The van der Waals surface area contributed by atoms with E-state index >= 15 is 0 Å². The Labute approximate surface area is 96.4 Å². The van der Waals surface area contributed by atoms with Gasteiger partial charge in [-0.3, -0.25) is 4.55 Å². The first-order chi connectivity index (χ1) is 2.94. The van der Waals surface area contributed by atoms with Gasteiger partial charge in [-0.15, -0.1) is 0 Å². The Balaban J connectivity index is -0.000000180. The molecule has 1 unspecified atom stereocenters. The molecule has 7 heteroatoms. The SMILES string of the molecule is O=S(O)C(F)(F)F.[H-].[Rb+]. The fraction of sp³-hybridized carbons (Fsp3) is 1.00. The fourth-order valence-corrected chi connectivity index (χ4v) is 0. The van der Waals surface area contributed by atoms with Crippen molar-refractivity contribution in [1.29, 1.82) is 0 Å². The van der Waals surface area contributed by atoms with E-state index in [0.717, 1.165) is 0 Å². The van der Waals surface area contributed by atoms with Crippen LogP contribution in [0.1, 0.15) is 1.43 Å². The van der Waals surface area contributed by atoms with Gasteiger partial charge in [-0.2, -0.15) is 13.2 Å². The van der Waals surface area contributed by atoms with E-state index in [4.69, 9.17) is 8.76 Å². The van der Waals surface area contributed by atoms with Crippen molar-refractivity contribution in [2.24, 2.45) is 0 Å². The second-order valence-corrected chi connectivity index (χ2v) is 1.66. The van der Waals surface area contributed by atoms with Gasteiger partial charge in [-0.1, -0.05) is 0 Å². The molecule has 0 heterocycles. The Kier molecular flexibility index (Phi) is 6.98. The maximum Gasteiger partial charge on any atom is 1.00 e. The Morgan fingerprint density at radius 1 is 1.50 bits per heavy atom. The van der Waals surface area contributed by atoms with Gasteiger partial charge in [0, 0.05) is 0 Å². The predicted molar refractivity (Wildman–Crippen MR) is 17.9 cm³/mol. The van der Waals surface area contributed by atoms with Gasteiger partial charge in [-0.05, 0) is 0 Å². The average Bonchev–Trinajstić information content (AvgIpc) is 1.31. The van der Waals surface area contributed by atoms with Gasteiger partial charge in [0.05, 0.1) is 0 Å². The summed E-state index contributed by atoms with van der Waals surface area (Å²) < 4.78 is 48.1. The van der Waals surface area contributed by atoms with E-state index in [1.165, 1.54) is 0 Å². The first-order valence-electron chi connectivity index (χ1n) is 1.12. The van der Waals surface area contributed by atoms with Crippen LogP contribution in [0.5, 0.6) is 0 Å². The number of hydrogen-bond acceptors (Lipinski definition) is 1. The van der Waals surface area contributed by atoms with Crippen molar-refractivity contribution in [3.8, 4) is 0 Å². The van der Waals surface area contributed by atoms with E-state index in [1.807, 2.05) is 0 Å². The molecule has 8 heavy (non-hydrogen) atoms. The number of rotatable bonds is 0. The zero-order valence-electron chi connectivity index (χ0n) is 4.90. The Bertz CT molecular complexity index is 94.3. The summed E-state index contributed by atoms with van der Waals surface area (Å²) in [5.74, 6) is 0. The monoisotopic (exact) mass is 220 g/mol. The molecule has 0 aliphatic carbocycles. The van der Waals surface area contributed by atoms with Crippen molar-refractivity contribution >= 4 is 11.1 Å². The van der Waals surface area contributed by atoms with E-state index in [-0.39, 0.29) is 59.6 Å². The number of alkyl halides is 3. The molecule has 0 saturated carbocycles. The second-order valence-electron chi connectivity index (χ2n) is 0.695. The molecule has 0 aromatic carbocycles. The van der Waals surface area contributed by atoms with Crippen LogP contribution in [0.15, 0.2) is 0 Å². The van der Waals surface area contributed by atoms with Gasteiger partial charge in [0.2, 0.25) is 0 Å². The van der Waals surface area contributed by atoms with Crippen LogP contribution in [0.25, 0.3) is 0 Å². The molecule has 2 nitrogen and oxygen atoms in total. The average molecular weight is 221 g/mol. The van der Waals surface area contributed by atoms with Crippen molar-refractivity contribution in [2.45, 2.75) is 5.51 Å². The van der Waals surface area contributed by atoms with Crippen molar-refractivity contribution in [3.05, 3.63) is 0 Å². The second kappa shape index (κ2) is 4.51. The fourth-order valence-electron chi connectivity index (χ4n) is 0. The largest absolute Gasteiger partial charge is 1.00 e. The summed E-state index contributed by atoms with van der Waals surface area (Å²) >= 11 is -3.68. The third-order valence-corrected chi connectivity index (χ3v) is 0.594. The first kappa shape index (κ1) is 12.4. The van der Waals surface area contributed by atoms with Gasteiger partial charge in [0.15, 0.2) is 0 Å². The van der Waals surface area contributed by atoms with Crippen LogP contribution >= 0.6 is 0 Å². The quantitative estimate of drug-likeness (QED) is 0.473. The van der Waals surface area contributed by atoms with Gasteiger partial charge in [-0.25, -0.2) is 4.21 Å². The van der Waals surface area contributed by atoms with Crippen molar-refractivity contribution in [1.82, 2.24) is 0 Å². The zero-order chi connectivity index (χ0) is 6.08. The summed E-state index contributed by atoms with van der Waals surface area (Å²) in [6.07, 6.45) is 0. The van der Waals surface area contributed by atoms with E-state index in [1.54, 1.807) is 0 Å². The molecular formula is CH2F3O2RbS.